The van der Waals surface area contributed by atoms with Gasteiger partial charge in [-0.1, -0.05) is 6.92 Å². The van der Waals surface area contributed by atoms with Gasteiger partial charge in [-0.15, -0.1) is 0 Å². The number of nitrogens with one attached hydrogen (secondary N) is 1. The molecule has 1 amide bonds. The van der Waals surface area contributed by atoms with Crippen LogP contribution in [-0.4, -0.2) is 41.1 Å². The van der Waals surface area contributed by atoms with E-state index in [1.807, 2.05) is 6.92 Å². The third-order valence-corrected chi connectivity index (χ3v) is 2.67. The molecule has 92 valence electrons. The van der Waals surface area contributed by atoms with E-state index in [2.05, 4.69) is 10.3 Å². The van der Waals surface area contributed by atoms with E-state index in [1.54, 1.807) is 4.90 Å². The molecule has 1 saturated heterocycles. The first-order valence-electron chi connectivity index (χ1n) is 5.36. The molecule has 1 aromatic heterocycles. The Morgan fingerprint density at radius 3 is 3.12 bits per heavy atom. The van der Waals surface area contributed by atoms with E-state index in [4.69, 9.17) is 9.52 Å². The van der Waals surface area contributed by atoms with Crippen molar-refractivity contribution in [1.29, 1.82) is 0 Å². The van der Waals surface area contributed by atoms with Crippen molar-refractivity contribution >= 4 is 17.9 Å². The lowest BCUT2D eigenvalue weighted by Gasteiger charge is -2.33. The molecular formula is C10H13N3O4. The van der Waals surface area contributed by atoms with Crippen LogP contribution in [0, 0.1) is 0 Å². The Morgan fingerprint density at radius 2 is 2.53 bits per heavy atom. The summed E-state index contributed by atoms with van der Waals surface area (Å²) < 4.78 is 5.10. The van der Waals surface area contributed by atoms with Gasteiger partial charge < -0.3 is 19.7 Å². The lowest BCUT2D eigenvalue weighted by molar-refractivity contribution is -0.123. The lowest BCUT2D eigenvalue weighted by atomic mass is 10.1. The molecule has 1 aliphatic heterocycles. The Labute approximate surface area is 97.4 Å². The molecule has 0 bridgehead atoms. The number of aromatic nitrogens is 1. The molecule has 0 aliphatic carbocycles. The highest BCUT2D eigenvalue weighted by Gasteiger charge is 2.31. The second kappa shape index (κ2) is 4.44. The van der Waals surface area contributed by atoms with E-state index >= 15 is 0 Å². The Morgan fingerprint density at radius 1 is 1.76 bits per heavy atom. The van der Waals surface area contributed by atoms with Crippen LogP contribution >= 0.6 is 0 Å². The minimum Gasteiger partial charge on any atom is -0.476 e. The largest absolute Gasteiger partial charge is 0.476 e. The molecule has 0 aromatic carbocycles. The van der Waals surface area contributed by atoms with Crippen molar-refractivity contribution in [2.45, 2.75) is 19.4 Å². The van der Waals surface area contributed by atoms with Crippen molar-refractivity contribution in [2.75, 3.05) is 18.0 Å². The quantitative estimate of drug-likeness (QED) is 0.776. The number of carbonyl (C=O) groups is 2. The van der Waals surface area contributed by atoms with Gasteiger partial charge in [-0.3, -0.25) is 4.79 Å². The van der Waals surface area contributed by atoms with E-state index < -0.39 is 5.97 Å². The van der Waals surface area contributed by atoms with Crippen molar-refractivity contribution in [2.24, 2.45) is 0 Å². The summed E-state index contributed by atoms with van der Waals surface area (Å²) in [5.41, 5.74) is -0.152. The van der Waals surface area contributed by atoms with Crippen LogP contribution in [0.5, 0.6) is 0 Å². The molecule has 17 heavy (non-hydrogen) atoms. The average molecular weight is 239 g/mol. The first-order chi connectivity index (χ1) is 8.13. The summed E-state index contributed by atoms with van der Waals surface area (Å²) in [6.45, 7) is 2.94. The highest BCUT2D eigenvalue weighted by Crippen LogP contribution is 2.19. The van der Waals surface area contributed by atoms with Crippen molar-refractivity contribution in [3.8, 4) is 0 Å². The number of carbonyl (C=O) groups excluding carboxylic acids is 1. The van der Waals surface area contributed by atoms with E-state index in [9.17, 15) is 9.59 Å². The normalized spacial score (nSPS) is 20.2. The fourth-order valence-electron chi connectivity index (χ4n) is 1.84. The van der Waals surface area contributed by atoms with Crippen LogP contribution in [0.2, 0.25) is 0 Å². The molecule has 1 aliphatic rings. The number of amides is 1. The van der Waals surface area contributed by atoms with Gasteiger partial charge in [-0.25, -0.2) is 4.79 Å². The highest BCUT2D eigenvalue weighted by molar-refractivity contribution is 5.87. The van der Waals surface area contributed by atoms with Gasteiger partial charge >= 0.3 is 5.97 Å². The Balaban J connectivity index is 2.24. The van der Waals surface area contributed by atoms with E-state index in [0.717, 1.165) is 6.26 Å². The molecule has 0 saturated carbocycles. The van der Waals surface area contributed by atoms with Crippen LogP contribution in [0.15, 0.2) is 10.7 Å². The number of piperazine rings is 1. The number of carboxylic acids is 1. The van der Waals surface area contributed by atoms with Crippen LogP contribution < -0.4 is 10.2 Å². The topological polar surface area (TPSA) is 95.7 Å². The third kappa shape index (κ3) is 2.08. The Hall–Kier alpha value is -2.05. The molecule has 1 atom stereocenters. The Kier molecular flexibility index (Phi) is 2.99. The zero-order valence-corrected chi connectivity index (χ0v) is 9.34. The monoisotopic (exact) mass is 239 g/mol. The van der Waals surface area contributed by atoms with Crippen LogP contribution in [-0.2, 0) is 4.79 Å². The first-order valence-corrected chi connectivity index (χ1v) is 5.36. The molecule has 0 radical (unpaired) electrons. The van der Waals surface area contributed by atoms with Crippen molar-refractivity contribution < 1.29 is 19.1 Å². The van der Waals surface area contributed by atoms with Crippen LogP contribution in [0.1, 0.15) is 23.8 Å². The molecule has 1 fully saturated rings. The van der Waals surface area contributed by atoms with Gasteiger partial charge in [0.1, 0.15) is 12.3 Å². The number of rotatable bonds is 3. The van der Waals surface area contributed by atoms with Gasteiger partial charge in [-0.05, 0) is 6.42 Å². The second-order valence-corrected chi connectivity index (χ2v) is 3.73. The SMILES string of the molecule is CCC1C(=O)NCCN1c1nc(C(=O)O)co1. The van der Waals surface area contributed by atoms with Crippen LogP contribution in [0.25, 0.3) is 0 Å². The summed E-state index contributed by atoms with van der Waals surface area (Å²) in [6.07, 6.45) is 1.69. The minimum absolute atomic E-state index is 0.0891. The number of carboxylic acid groups (broad SMARTS) is 1. The van der Waals surface area contributed by atoms with Gasteiger partial charge in [0.25, 0.3) is 6.01 Å². The van der Waals surface area contributed by atoms with Crippen LogP contribution in [0.4, 0.5) is 6.01 Å². The predicted molar refractivity (Wildman–Crippen MR) is 57.9 cm³/mol. The van der Waals surface area contributed by atoms with Gasteiger partial charge in [0, 0.05) is 13.1 Å². The smallest absolute Gasteiger partial charge is 0.357 e. The minimum atomic E-state index is -1.14. The number of anilines is 1. The van der Waals surface area contributed by atoms with Crippen molar-refractivity contribution in [3.05, 3.63) is 12.0 Å². The molecule has 2 heterocycles. The van der Waals surface area contributed by atoms with Gasteiger partial charge in [0.05, 0.1) is 0 Å². The van der Waals surface area contributed by atoms with Crippen molar-refractivity contribution in [1.82, 2.24) is 10.3 Å². The molecule has 2 N–H and O–H groups in total. The molecule has 2 rings (SSSR count). The third-order valence-electron chi connectivity index (χ3n) is 2.67. The second-order valence-electron chi connectivity index (χ2n) is 3.73. The molecule has 0 spiro atoms. The standard InChI is InChI=1S/C10H13N3O4/c1-2-7-8(14)11-3-4-13(7)10-12-6(5-17-10)9(15)16/h5,7H,2-4H2,1H3,(H,11,14)(H,15,16). The van der Waals surface area contributed by atoms with Gasteiger partial charge in [-0.2, -0.15) is 4.98 Å². The summed E-state index contributed by atoms with van der Waals surface area (Å²) in [6, 6.07) is -0.173. The summed E-state index contributed by atoms with van der Waals surface area (Å²) in [7, 11) is 0. The number of hydrogen-bond acceptors (Lipinski definition) is 5. The number of hydrogen-bond donors (Lipinski definition) is 2. The van der Waals surface area contributed by atoms with Gasteiger partial charge in [0.2, 0.25) is 5.91 Å². The summed E-state index contributed by atoms with van der Waals surface area (Å²) in [5.74, 6) is -1.23. The molecule has 1 unspecified atom stereocenters. The van der Waals surface area contributed by atoms with E-state index in [1.165, 1.54) is 0 Å². The molecule has 7 nitrogen and oxygen atoms in total. The maximum atomic E-state index is 11.6. The zero-order valence-electron chi connectivity index (χ0n) is 9.34. The predicted octanol–water partition coefficient (Wildman–Crippen LogP) is 0.0876. The first kappa shape index (κ1) is 11.4. The van der Waals surface area contributed by atoms with E-state index in [0.29, 0.717) is 19.5 Å². The van der Waals surface area contributed by atoms with Crippen LogP contribution in [0.3, 0.4) is 0 Å². The Bertz CT molecular complexity index is 443. The lowest BCUT2D eigenvalue weighted by Crippen LogP contribution is -2.55. The summed E-state index contributed by atoms with van der Waals surface area (Å²) >= 11 is 0. The van der Waals surface area contributed by atoms with Gasteiger partial charge in [0.15, 0.2) is 5.69 Å². The maximum absolute atomic E-state index is 11.6. The maximum Gasteiger partial charge on any atom is 0.357 e. The molecule has 1 aromatic rings. The summed E-state index contributed by atoms with van der Waals surface area (Å²) in [5, 5.41) is 11.5. The molecular weight excluding hydrogens is 226 g/mol. The fourth-order valence-corrected chi connectivity index (χ4v) is 1.84. The highest BCUT2D eigenvalue weighted by atomic mass is 16.4. The average Bonchev–Trinajstić information content (AvgIpc) is 2.77. The zero-order chi connectivity index (χ0) is 12.4. The number of oxazole rings is 1. The summed E-state index contributed by atoms with van der Waals surface area (Å²) in [4.78, 5) is 27.8. The fraction of sp³-hybridized carbons (Fsp3) is 0.500. The number of nitrogens with zero attached hydrogens (tertiary/aromatic N) is 2. The number of aromatic carboxylic acids is 1. The van der Waals surface area contributed by atoms with Crippen molar-refractivity contribution in [3.63, 3.8) is 0 Å². The molecule has 7 heteroatoms. The van der Waals surface area contributed by atoms with E-state index in [-0.39, 0.29) is 23.7 Å².